The molecule has 2 aromatic rings. The van der Waals surface area contributed by atoms with Gasteiger partial charge < -0.3 is 10.0 Å². The molecule has 0 bridgehead atoms. The Balaban J connectivity index is 1.88. The van der Waals surface area contributed by atoms with Gasteiger partial charge in [0.15, 0.2) is 0 Å². The molecule has 0 fully saturated rings. The number of carbonyl (C=O) groups excluding carboxylic acids is 1. The number of benzene rings is 2. The second-order valence-corrected chi connectivity index (χ2v) is 7.11. The van der Waals surface area contributed by atoms with Gasteiger partial charge in [0, 0.05) is 18.8 Å². The van der Waals surface area contributed by atoms with Crippen molar-refractivity contribution in [3.63, 3.8) is 0 Å². The molecule has 0 heterocycles. The minimum atomic E-state index is -0.546. The molecule has 0 aliphatic carbocycles. The molecule has 128 valence electrons. The molecule has 2 aromatic carbocycles. The summed E-state index contributed by atoms with van der Waals surface area (Å²) in [6.45, 7) is 5.22. The van der Waals surface area contributed by atoms with Gasteiger partial charge in [-0.15, -0.1) is 11.8 Å². The first-order chi connectivity index (χ1) is 11.6. The van der Waals surface area contributed by atoms with Crippen molar-refractivity contribution < 1.29 is 9.90 Å². The number of hydrogen-bond acceptors (Lipinski definition) is 3. The summed E-state index contributed by atoms with van der Waals surface area (Å²) >= 11 is 1.50. The zero-order valence-electron chi connectivity index (χ0n) is 14.3. The molecular weight excluding hydrogens is 318 g/mol. The Labute approximate surface area is 148 Å². The number of rotatable bonds is 8. The second kappa shape index (κ2) is 9.50. The molecule has 0 radical (unpaired) electrons. The molecule has 1 amide bonds. The molecule has 2 atom stereocenters. The molecule has 0 spiro atoms. The van der Waals surface area contributed by atoms with E-state index in [1.54, 1.807) is 0 Å². The summed E-state index contributed by atoms with van der Waals surface area (Å²) in [7, 11) is 0. The van der Waals surface area contributed by atoms with Gasteiger partial charge in [-0.3, -0.25) is 4.79 Å². The highest BCUT2D eigenvalue weighted by Gasteiger charge is 2.21. The molecule has 0 saturated heterocycles. The van der Waals surface area contributed by atoms with Crippen LogP contribution in [0.25, 0.3) is 0 Å². The maximum absolute atomic E-state index is 12.7. The predicted molar refractivity (Wildman–Crippen MR) is 101 cm³/mol. The Morgan fingerprint density at radius 2 is 1.67 bits per heavy atom. The van der Waals surface area contributed by atoms with Crippen LogP contribution in [0, 0.1) is 0 Å². The zero-order valence-corrected chi connectivity index (χ0v) is 15.1. The SMILES string of the molecule is CCN(Cc1ccccc1)C(=O)C(C)SCC(O)c1ccccc1. The molecule has 24 heavy (non-hydrogen) atoms. The summed E-state index contributed by atoms with van der Waals surface area (Å²) in [5.74, 6) is 0.631. The van der Waals surface area contributed by atoms with Crippen molar-refractivity contribution in [3.05, 3.63) is 71.8 Å². The van der Waals surface area contributed by atoms with E-state index in [9.17, 15) is 9.90 Å². The lowest BCUT2D eigenvalue weighted by Gasteiger charge is -2.25. The van der Waals surface area contributed by atoms with Crippen LogP contribution in [0.2, 0.25) is 0 Å². The first-order valence-corrected chi connectivity index (χ1v) is 9.34. The number of aliphatic hydroxyl groups is 1. The normalized spacial score (nSPS) is 13.3. The van der Waals surface area contributed by atoms with Crippen molar-refractivity contribution in [2.24, 2.45) is 0 Å². The summed E-state index contributed by atoms with van der Waals surface area (Å²) in [4.78, 5) is 14.5. The highest BCUT2D eigenvalue weighted by atomic mass is 32.2. The fourth-order valence-corrected chi connectivity index (χ4v) is 3.44. The molecule has 2 rings (SSSR count). The van der Waals surface area contributed by atoms with Gasteiger partial charge in [0.1, 0.15) is 0 Å². The third-order valence-electron chi connectivity index (χ3n) is 3.95. The van der Waals surface area contributed by atoms with Crippen LogP contribution in [0.3, 0.4) is 0 Å². The Morgan fingerprint density at radius 3 is 2.25 bits per heavy atom. The molecule has 0 aliphatic heterocycles. The van der Waals surface area contributed by atoms with Gasteiger partial charge in [0.25, 0.3) is 0 Å². The lowest BCUT2D eigenvalue weighted by molar-refractivity contribution is -0.130. The van der Waals surface area contributed by atoms with Crippen LogP contribution in [0.4, 0.5) is 0 Å². The minimum Gasteiger partial charge on any atom is -0.388 e. The fourth-order valence-electron chi connectivity index (χ4n) is 2.48. The van der Waals surface area contributed by atoms with E-state index >= 15 is 0 Å². The largest absolute Gasteiger partial charge is 0.388 e. The zero-order chi connectivity index (χ0) is 17.4. The lowest BCUT2D eigenvalue weighted by Crippen LogP contribution is -2.36. The van der Waals surface area contributed by atoms with Crippen LogP contribution >= 0.6 is 11.8 Å². The summed E-state index contributed by atoms with van der Waals surface area (Å²) in [6.07, 6.45) is -0.546. The van der Waals surface area contributed by atoms with E-state index in [2.05, 4.69) is 0 Å². The van der Waals surface area contributed by atoms with Crippen molar-refractivity contribution in [2.75, 3.05) is 12.3 Å². The number of hydrogen-bond donors (Lipinski definition) is 1. The Hall–Kier alpha value is -1.78. The molecule has 0 aromatic heterocycles. The van der Waals surface area contributed by atoms with E-state index in [1.807, 2.05) is 79.4 Å². The van der Waals surface area contributed by atoms with Crippen molar-refractivity contribution in [2.45, 2.75) is 31.7 Å². The summed E-state index contributed by atoms with van der Waals surface area (Å²) in [5.41, 5.74) is 2.02. The lowest BCUT2D eigenvalue weighted by atomic mass is 10.1. The molecule has 4 heteroatoms. The van der Waals surface area contributed by atoms with Crippen molar-refractivity contribution in [3.8, 4) is 0 Å². The number of carbonyl (C=O) groups is 1. The quantitative estimate of drug-likeness (QED) is 0.790. The first-order valence-electron chi connectivity index (χ1n) is 8.29. The monoisotopic (exact) mass is 343 g/mol. The molecule has 0 saturated carbocycles. The third-order valence-corrected chi connectivity index (χ3v) is 5.16. The van der Waals surface area contributed by atoms with Crippen molar-refractivity contribution in [1.29, 1.82) is 0 Å². The van der Waals surface area contributed by atoms with Gasteiger partial charge in [-0.05, 0) is 25.0 Å². The van der Waals surface area contributed by atoms with Gasteiger partial charge in [0.2, 0.25) is 5.91 Å². The van der Waals surface area contributed by atoms with Crippen LogP contribution in [0.15, 0.2) is 60.7 Å². The van der Waals surface area contributed by atoms with E-state index in [1.165, 1.54) is 11.8 Å². The van der Waals surface area contributed by atoms with E-state index in [-0.39, 0.29) is 11.2 Å². The first kappa shape index (κ1) is 18.6. The molecular formula is C20H25NO2S. The second-order valence-electron chi connectivity index (χ2n) is 5.74. The third kappa shape index (κ3) is 5.39. The maximum Gasteiger partial charge on any atom is 0.235 e. The van der Waals surface area contributed by atoms with Crippen LogP contribution in [-0.4, -0.2) is 33.5 Å². The van der Waals surface area contributed by atoms with E-state index in [4.69, 9.17) is 0 Å². The van der Waals surface area contributed by atoms with Crippen molar-refractivity contribution >= 4 is 17.7 Å². The number of nitrogens with zero attached hydrogens (tertiary/aromatic N) is 1. The average Bonchev–Trinajstić information content (AvgIpc) is 2.64. The van der Waals surface area contributed by atoms with Gasteiger partial charge in [-0.2, -0.15) is 0 Å². The Bertz CT molecular complexity index is 618. The predicted octanol–water partition coefficient (Wildman–Crippen LogP) is 3.89. The fraction of sp³-hybridized carbons (Fsp3) is 0.350. The topological polar surface area (TPSA) is 40.5 Å². The van der Waals surface area contributed by atoms with E-state index < -0.39 is 6.10 Å². The minimum absolute atomic E-state index is 0.117. The summed E-state index contributed by atoms with van der Waals surface area (Å²) in [6, 6.07) is 19.6. The molecule has 0 aliphatic rings. The van der Waals surface area contributed by atoms with Gasteiger partial charge in [-0.25, -0.2) is 0 Å². The van der Waals surface area contributed by atoms with Gasteiger partial charge in [-0.1, -0.05) is 60.7 Å². The highest BCUT2D eigenvalue weighted by Crippen LogP contribution is 2.22. The molecule has 2 unspecified atom stereocenters. The maximum atomic E-state index is 12.7. The van der Waals surface area contributed by atoms with Crippen LogP contribution in [0.5, 0.6) is 0 Å². The Morgan fingerprint density at radius 1 is 1.08 bits per heavy atom. The highest BCUT2D eigenvalue weighted by molar-refractivity contribution is 8.00. The Kier molecular flexibility index (Phi) is 7.35. The summed E-state index contributed by atoms with van der Waals surface area (Å²) in [5, 5.41) is 10.1. The van der Waals surface area contributed by atoms with E-state index in [0.717, 1.165) is 11.1 Å². The standard InChI is InChI=1S/C20H25NO2S/c1-3-21(14-17-10-6-4-7-11-17)20(23)16(2)24-15-19(22)18-12-8-5-9-13-18/h4-13,16,19,22H,3,14-15H2,1-2H3. The number of thioether (sulfide) groups is 1. The average molecular weight is 343 g/mol. The van der Waals surface area contributed by atoms with Crippen LogP contribution < -0.4 is 0 Å². The van der Waals surface area contributed by atoms with Gasteiger partial charge >= 0.3 is 0 Å². The number of aliphatic hydroxyl groups excluding tert-OH is 1. The van der Waals surface area contributed by atoms with Gasteiger partial charge in [0.05, 0.1) is 11.4 Å². The van der Waals surface area contributed by atoms with Crippen LogP contribution in [-0.2, 0) is 11.3 Å². The van der Waals surface area contributed by atoms with Crippen molar-refractivity contribution in [1.82, 2.24) is 4.90 Å². The molecule has 3 nitrogen and oxygen atoms in total. The molecule has 1 N–H and O–H groups in total. The number of amides is 1. The van der Waals surface area contributed by atoms with Crippen LogP contribution in [0.1, 0.15) is 31.1 Å². The smallest absolute Gasteiger partial charge is 0.235 e. The van der Waals surface area contributed by atoms with E-state index in [0.29, 0.717) is 18.8 Å². The summed E-state index contributed by atoms with van der Waals surface area (Å²) < 4.78 is 0.